The maximum Gasteiger partial charge on any atom is 0.416 e. The smallest absolute Gasteiger partial charge is 0.337 e. The van der Waals surface area contributed by atoms with Crippen LogP contribution in [0.1, 0.15) is 27.0 Å². The lowest BCUT2D eigenvalue weighted by molar-refractivity contribution is -0.137. The Morgan fingerprint density at radius 2 is 1.77 bits per heavy atom. The van der Waals surface area contributed by atoms with Crippen molar-refractivity contribution in [3.8, 4) is 0 Å². The highest BCUT2D eigenvalue weighted by Crippen LogP contribution is 2.29. The molecule has 0 atom stereocenters. The number of rotatable bonds is 3. The number of benzene rings is 2. The molecular formula is C17H16F3NO. The van der Waals surface area contributed by atoms with Gasteiger partial charge in [0.1, 0.15) is 0 Å². The Bertz CT molecular complexity index is 680. The number of aryl methyl sites for hydroxylation is 1. The van der Waals surface area contributed by atoms with Crippen molar-refractivity contribution in [2.75, 3.05) is 7.05 Å². The van der Waals surface area contributed by atoms with Crippen LogP contribution in [0, 0.1) is 6.92 Å². The summed E-state index contributed by atoms with van der Waals surface area (Å²) in [4.78, 5) is 13.7. The molecule has 0 aliphatic carbocycles. The number of nitrogens with zero attached hydrogens (tertiary/aromatic N) is 1. The number of amides is 1. The Balaban J connectivity index is 2.19. The predicted molar refractivity (Wildman–Crippen MR) is 78.4 cm³/mol. The molecular weight excluding hydrogens is 291 g/mol. The van der Waals surface area contributed by atoms with Crippen LogP contribution in [0.25, 0.3) is 0 Å². The molecule has 116 valence electrons. The van der Waals surface area contributed by atoms with Gasteiger partial charge in [-0.15, -0.1) is 0 Å². The maximum atomic E-state index is 12.7. The lowest BCUT2D eigenvalue weighted by atomic mass is 10.1. The van der Waals surface area contributed by atoms with E-state index in [0.29, 0.717) is 6.54 Å². The summed E-state index contributed by atoms with van der Waals surface area (Å²) in [5.74, 6) is -0.436. The third-order valence-corrected chi connectivity index (χ3v) is 3.45. The number of hydrogen-bond acceptors (Lipinski definition) is 1. The summed E-state index contributed by atoms with van der Waals surface area (Å²) in [6.07, 6.45) is -4.45. The van der Waals surface area contributed by atoms with Crippen molar-refractivity contribution in [2.24, 2.45) is 0 Å². The van der Waals surface area contributed by atoms with Gasteiger partial charge >= 0.3 is 6.18 Å². The third-order valence-electron chi connectivity index (χ3n) is 3.45. The summed E-state index contributed by atoms with van der Waals surface area (Å²) in [5.41, 5.74) is 1.21. The monoisotopic (exact) mass is 307 g/mol. The SMILES string of the molecule is Cc1ccccc1CN(C)C(=O)c1cccc(C(F)(F)F)c1. The summed E-state index contributed by atoms with van der Waals surface area (Å²) in [7, 11) is 1.58. The van der Waals surface area contributed by atoms with Gasteiger partial charge in [0, 0.05) is 19.2 Å². The molecule has 0 saturated heterocycles. The number of carbonyl (C=O) groups excluding carboxylic acids is 1. The fourth-order valence-corrected chi connectivity index (χ4v) is 2.16. The molecule has 0 heterocycles. The zero-order valence-corrected chi connectivity index (χ0v) is 12.3. The molecule has 0 aromatic heterocycles. The standard InChI is InChI=1S/C17H16F3NO/c1-12-6-3-4-7-14(12)11-21(2)16(22)13-8-5-9-15(10-13)17(18,19)20/h3-10H,11H2,1-2H3. The Morgan fingerprint density at radius 3 is 2.41 bits per heavy atom. The van der Waals surface area contributed by atoms with Crippen LogP contribution in [-0.2, 0) is 12.7 Å². The number of halogens is 3. The first kappa shape index (κ1) is 16.1. The van der Waals surface area contributed by atoms with E-state index < -0.39 is 17.6 Å². The highest BCUT2D eigenvalue weighted by Gasteiger charge is 2.31. The number of hydrogen-bond donors (Lipinski definition) is 0. The summed E-state index contributed by atoms with van der Waals surface area (Å²) in [5, 5.41) is 0. The second-order valence-electron chi connectivity index (χ2n) is 5.17. The van der Waals surface area contributed by atoms with E-state index in [9.17, 15) is 18.0 Å². The fraction of sp³-hybridized carbons (Fsp3) is 0.235. The van der Waals surface area contributed by atoms with E-state index in [0.717, 1.165) is 23.3 Å². The van der Waals surface area contributed by atoms with Crippen molar-refractivity contribution < 1.29 is 18.0 Å². The first-order valence-corrected chi connectivity index (χ1v) is 6.76. The Kier molecular flexibility index (Phi) is 4.54. The number of alkyl halides is 3. The molecule has 0 radical (unpaired) electrons. The van der Waals surface area contributed by atoms with E-state index in [1.54, 1.807) is 7.05 Å². The zero-order valence-electron chi connectivity index (χ0n) is 12.3. The van der Waals surface area contributed by atoms with Gasteiger partial charge in [-0.2, -0.15) is 13.2 Å². The van der Waals surface area contributed by atoms with Gasteiger partial charge in [-0.25, -0.2) is 0 Å². The van der Waals surface area contributed by atoms with Crippen LogP contribution in [0.5, 0.6) is 0 Å². The first-order chi connectivity index (χ1) is 10.3. The second-order valence-corrected chi connectivity index (χ2v) is 5.17. The molecule has 0 aliphatic heterocycles. The van der Waals surface area contributed by atoms with Crippen LogP contribution in [0.2, 0.25) is 0 Å². The van der Waals surface area contributed by atoms with E-state index in [4.69, 9.17) is 0 Å². The van der Waals surface area contributed by atoms with Crippen LogP contribution in [0.3, 0.4) is 0 Å². The van der Waals surface area contributed by atoms with Crippen molar-refractivity contribution in [1.82, 2.24) is 4.90 Å². The Hall–Kier alpha value is -2.30. The van der Waals surface area contributed by atoms with Crippen LogP contribution in [0.15, 0.2) is 48.5 Å². The minimum absolute atomic E-state index is 0.0332. The molecule has 2 aromatic carbocycles. The summed E-state index contributed by atoms with van der Waals surface area (Å²) < 4.78 is 38.1. The van der Waals surface area contributed by atoms with E-state index in [-0.39, 0.29) is 5.56 Å². The molecule has 0 aliphatic rings. The molecule has 0 bridgehead atoms. The molecule has 2 nitrogen and oxygen atoms in total. The van der Waals surface area contributed by atoms with Crippen molar-refractivity contribution in [3.05, 3.63) is 70.8 Å². The topological polar surface area (TPSA) is 20.3 Å². The van der Waals surface area contributed by atoms with Gasteiger partial charge in [0.25, 0.3) is 5.91 Å². The highest BCUT2D eigenvalue weighted by molar-refractivity contribution is 5.94. The van der Waals surface area contributed by atoms with E-state index >= 15 is 0 Å². The van der Waals surface area contributed by atoms with E-state index in [2.05, 4.69) is 0 Å². The molecule has 0 unspecified atom stereocenters. The largest absolute Gasteiger partial charge is 0.416 e. The minimum Gasteiger partial charge on any atom is -0.337 e. The van der Waals surface area contributed by atoms with Crippen molar-refractivity contribution >= 4 is 5.91 Å². The number of carbonyl (C=O) groups is 1. The molecule has 0 saturated carbocycles. The molecule has 0 fully saturated rings. The Morgan fingerprint density at radius 1 is 1.09 bits per heavy atom. The van der Waals surface area contributed by atoms with Crippen LogP contribution >= 0.6 is 0 Å². The molecule has 0 spiro atoms. The van der Waals surface area contributed by atoms with Crippen LogP contribution < -0.4 is 0 Å². The van der Waals surface area contributed by atoms with E-state index in [1.165, 1.54) is 17.0 Å². The highest BCUT2D eigenvalue weighted by atomic mass is 19.4. The quantitative estimate of drug-likeness (QED) is 0.828. The lowest BCUT2D eigenvalue weighted by Gasteiger charge is -2.19. The van der Waals surface area contributed by atoms with Gasteiger partial charge in [0.05, 0.1) is 5.56 Å². The van der Waals surface area contributed by atoms with Crippen molar-refractivity contribution in [3.63, 3.8) is 0 Å². The van der Waals surface area contributed by atoms with Gasteiger partial charge < -0.3 is 4.90 Å². The first-order valence-electron chi connectivity index (χ1n) is 6.76. The molecule has 5 heteroatoms. The lowest BCUT2D eigenvalue weighted by Crippen LogP contribution is -2.26. The Labute approximate surface area is 127 Å². The van der Waals surface area contributed by atoms with Crippen LogP contribution in [-0.4, -0.2) is 17.9 Å². The third kappa shape index (κ3) is 3.67. The maximum absolute atomic E-state index is 12.7. The fourth-order valence-electron chi connectivity index (χ4n) is 2.16. The average Bonchev–Trinajstić information content (AvgIpc) is 2.48. The predicted octanol–water partition coefficient (Wildman–Crippen LogP) is 4.29. The molecule has 2 rings (SSSR count). The normalized spacial score (nSPS) is 11.3. The van der Waals surface area contributed by atoms with Gasteiger partial charge in [-0.1, -0.05) is 30.3 Å². The van der Waals surface area contributed by atoms with E-state index in [1.807, 2.05) is 31.2 Å². The summed E-state index contributed by atoms with van der Waals surface area (Å²) >= 11 is 0. The summed E-state index contributed by atoms with van der Waals surface area (Å²) in [6, 6.07) is 12.1. The van der Waals surface area contributed by atoms with Crippen molar-refractivity contribution in [1.29, 1.82) is 0 Å². The van der Waals surface area contributed by atoms with Gasteiger partial charge in [0.2, 0.25) is 0 Å². The molecule has 1 amide bonds. The van der Waals surface area contributed by atoms with Gasteiger partial charge in [-0.05, 0) is 36.2 Å². The van der Waals surface area contributed by atoms with Gasteiger partial charge in [-0.3, -0.25) is 4.79 Å². The van der Waals surface area contributed by atoms with Crippen molar-refractivity contribution in [2.45, 2.75) is 19.6 Å². The summed E-state index contributed by atoms with van der Waals surface area (Å²) in [6.45, 7) is 2.28. The molecule has 2 aromatic rings. The van der Waals surface area contributed by atoms with Gasteiger partial charge in [0.15, 0.2) is 0 Å². The molecule has 0 N–H and O–H groups in total. The average molecular weight is 307 g/mol. The molecule has 22 heavy (non-hydrogen) atoms. The minimum atomic E-state index is -4.45. The van der Waals surface area contributed by atoms with Crippen LogP contribution in [0.4, 0.5) is 13.2 Å². The second kappa shape index (κ2) is 6.22. The zero-order chi connectivity index (χ0) is 16.3.